The smallest absolute Gasteiger partial charge is 0.246 e. The van der Waals surface area contributed by atoms with Gasteiger partial charge in [0.2, 0.25) is 5.91 Å². The number of rotatable bonds is 1. The minimum Gasteiger partial charge on any atom is -0.315 e. The molecule has 0 bridgehead atoms. The van der Waals surface area contributed by atoms with Crippen molar-refractivity contribution in [3.05, 3.63) is 0 Å². The van der Waals surface area contributed by atoms with E-state index in [1.54, 1.807) is 5.06 Å². The second-order valence-electron chi connectivity index (χ2n) is 3.30. The molecule has 1 unspecified atom stereocenters. The molecule has 0 radical (unpaired) electrons. The van der Waals surface area contributed by atoms with Crippen LogP contribution in [0.15, 0.2) is 0 Å². The Labute approximate surface area is 71.8 Å². The number of carbonyl (C=O) groups excluding carboxylic acids is 1. The van der Waals surface area contributed by atoms with Crippen molar-refractivity contribution >= 4 is 5.91 Å². The minimum absolute atomic E-state index is 0.148. The number of nitrogens with one attached hydrogen (secondary N) is 1. The van der Waals surface area contributed by atoms with Crippen LogP contribution in [0.25, 0.3) is 0 Å². The summed E-state index contributed by atoms with van der Waals surface area (Å²) in [6.45, 7) is 2.58. The van der Waals surface area contributed by atoms with Crippen LogP contribution < -0.4 is 5.32 Å². The van der Waals surface area contributed by atoms with Gasteiger partial charge in [-0.15, -0.1) is 0 Å². The molecule has 2 aliphatic heterocycles. The highest BCUT2D eigenvalue weighted by molar-refractivity contribution is 5.75. The fraction of sp³-hybridized carbons (Fsp3) is 0.875. The first-order valence-corrected chi connectivity index (χ1v) is 4.53. The molecule has 2 fully saturated rings. The predicted octanol–water partition coefficient (Wildman–Crippen LogP) is -0.0977. The molecule has 1 atom stereocenters. The lowest BCUT2D eigenvalue weighted by Gasteiger charge is -2.30. The van der Waals surface area contributed by atoms with E-state index in [-0.39, 0.29) is 11.9 Å². The summed E-state index contributed by atoms with van der Waals surface area (Å²) in [5, 5.41) is 4.79. The van der Waals surface area contributed by atoms with Gasteiger partial charge < -0.3 is 5.32 Å². The zero-order valence-corrected chi connectivity index (χ0v) is 7.08. The number of carbonyl (C=O) groups is 1. The molecule has 1 N–H and O–H groups in total. The predicted molar refractivity (Wildman–Crippen MR) is 43.3 cm³/mol. The summed E-state index contributed by atoms with van der Waals surface area (Å²) in [6, 6.07) is 0.276. The lowest BCUT2D eigenvalue weighted by molar-refractivity contribution is -0.210. The number of amides is 1. The van der Waals surface area contributed by atoms with Crippen LogP contribution in [-0.4, -0.2) is 36.7 Å². The van der Waals surface area contributed by atoms with Crippen LogP contribution >= 0.6 is 0 Å². The van der Waals surface area contributed by atoms with E-state index in [2.05, 4.69) is 5.32 Å². The Morgan fingerprint density at radius 2 is 2.50 bits per heavy atom. The summed E-state index contributed by atoms with van der Waals surface area (Å²) >= 11 is 0. The van der Waals surface area contributed by atoms with Crippen molar-refractivity contribution in [3.8, 4) is 0 Å². The van der Waals surface area contributed by atoms with Crippen molar-refractivity contribution in [1.82, 2.24) is 10.4 Å². The van der Waals surface area contributed by atoms with Gasteiger partial charge >= 0.3 is 0 Å². The molecule has 4 heteroatoms. The SMILES string of the molecule is O=C1CCCON1C1CCNC1. The fourth-order valence-electron chi connectivity index (χ4n) is 1.72. The Balaban J connectivity index is 1.95. The van der Waals surface area contributed by atoms with Crippen molar-refractivity contribution < 1.29 is 9.63 Å². The van der Waals surface area contributed by atoms with E-state index in [4.69, 9.17) is 4.84 Å². The van der Waals surface area contributed by atoms with E-state index >= 15 is 0 Å². The molecule has 2 rings (SSSR count). The lowest BCUT2D eigenvalue weighted by atomic mass is 10.2. The maximum absolute atomic E-state index is 11.4. The molecule has 0 aliphatic carbocycles. The van der Waals surface area contributed by atoms with Gasteiger partial charge in [0.15, 0.2) is 0 Å². The van der Waals surface area contributed by atoms with E-state index in [1.165, 1.54) is 0 Å². The van der Waals surface area contributed by atoms with Gasteiger partial charge in [-0.2, -0.15) is 0 Å². The first-order valence-electron chi connectivity index (χ1n) is 4.53. The highest BCUT2D eigenvalue weighted by atomic mass is 16.7. The Bertz CT molecular complexity index is 178. The monoisotopic (exact) mass is 170 g/mol. The largest absolute Gasteiger partial charge is 0.315 e. The molecule has 2 saturated heterocycles. The molecule has 2 heterocycles. The summed E-state index contributed by atoms with van der Waals surface area (Å²) in [4.78, 5) is 16.7. The average molecular weight is 170 g/mol. The second kappa shape index (κ2) is 3.41. The highest BCUT2D eigenvalue weighted by Crippen LogP contribution is 2.15. The van der Waals surface area contributed by atoms with Gasteiger partial charge in [-0.25, -0.2) is 5.06 Å². The Kier molecular flexibility index (Phi) is 2.28. The average Bonchev–Trinajstić information content (AvgIpc) is 2.57. The van der Waals surface area contributed by atoms with E-state index < -0.39 is 0 Å². The lowest BCUT2D eigenvalue weighted by Crippen LogP contribution is -2.44. The molecule has 2 aliphatic rings. The first kappa shape index (κ1) is 8.01. The van der Waals surface area contributed by atoms with E-state index in [1.807, 2.05) is 0 Å². The van der Waals surface area contributed by atoms with Gasteiger partial charge in [0.1, 0.15) is 0 Å². The normalized spacial score (nSPS) is 31.2. The van der Waals surface area contributed by atoms with Crippen molar-refractivity contribution in [2.75, 3.05) is 19.7 Å². The molecule has 4 nitrogen and oxygen atoms in total. The van der Waals surface area contributed by atoms with Gasteiger partial charge in [-0.1, -0.05) is 0 Å². The molecule has 68 valence electrons. The van der Waals surface area contributed by atoms with Gasteiger partial charge in [0.25, 0.3) is 0 Å². The molecular formula is C8H14N2O2. The van der Waals surface area contributed by atoms with Gasteiger partial charge in [-0.05, 0) is 19.4 Å². The van der Waals surface area contributed by atoms with E-state index in [9.17, 15) is 4.79 Å². The zero-order chi connectivity index (χ0) is 8.39. The molecule has 1 amide bonds. The topological polar surface area (TPSA) is 41.6 Å². The van der Waals surface area contributed by atoms with E-state index in [0.29, 0.717) is 13.0 Å². The Hall–Kier alpha value is -0.610. The van der Waals surface area contributed by atoms with Gasteiger partial charge in [-0.3, -0.25) is 9.63 Å². The van der Waals surface area contributed by atoms with Crippen LogP contribution in [0, 0.1) is 0 Å². The molecule has 12 heavy (non-hydrogen) atoms. The van der Waals surface area contributed by atoms with Crippen LogP contribution in [0.4, 0.5) is 0 Å². The standard InChI is InChI=1S/C8H14N2O2/c11-8-2-1-5-12-10(8)7-3-4-9-6-7/h7,9H,1-6H2. The maximum Gasteiger partial charge on any atom is 0.246 e. The minimum atomic E-state index is 0.148. The molecule has 0 aromatic carbocycles. The summed E-state index contributed by atoms with van der Waals surface area (Å²) in [5.41, 5.74) is 0. The number of nitrogens with zero attached hydrogens (tertiary/aromatic N) is 1. The van der Waals surface area contributed by atoms with Crippen molar-refractivity contribution in [2.45, 2.75) is 25.3 Å². The number of hydrogen-bond acceptors (Lipinski definition) is 3. The van der Waals surface area contributed by atoms with Gasteiger partial charge in [0, 0.05) is 13.0 Å². The molecule has 0 saturated carbocycles. The maximum atomic E-state index is 11.4. The van der Waals surface area contributed by atoms with Crippen LogP contribution in [0.1, 0.15) is 19.3 Å². The third kappa shape index (κ3) is 1.44. The highest BCUT2D eigenvalue weighted by Gasteiger charge is 2.29. The Morgan fingerprint density at radius 1 is 1.58 bits per heavy atom. The van der Waals surface area contributed by atoms with Crippen LogP contribution in [-0.2, 0) is 9.63 Å². The third-order valence-electron chi connectivity index (χ3n) is 2.38. The van der Waals surface area contributed by atoms with Crippen LogP contribution in [0.2, 0.25) is 0 Å². The van der Waals surface area contributed by atoms with Crippen molar-refractivity contribution in [1.29, 1.82) is 0 Å². The Morgan fingerprint density at radius 3 is 3.17 bits per heavy atom. The van der Waals surface area contributed by atoms with E-state index in [0.717, 1.165) is 25.9 Å². The fourth-order valence-corrected chi connectivity index (χ4v) is 1.72. The molecular weight excluding hydrogens is 156 g/mol. The van der Waals surface area contributed by atoms with Crippen molar-refractivity contribution in [3.63, 3.8) is 0 Å². The summed E-state index contributed by atoms with van der Waals surface area (Å²) < 4.78 is 0. The van der Waals surface area contributed by atoms with Crippen LogP contribution in [0.3, 0.4) is 0 Å². The van der Waals surface area contributed by atoms with Crippen molar-refractivity contribution in [2.24, 2.45) is 0 Å². The quantitative estimate of drug-likeness (QED) is 0.597. The zero-order valence-electron chi connectivity index (χ0n) is 7.08. The summed E-state index contributed by atoms with van der Waals surface area (Å²) in [7, 11) is 0. The van der Waals surface area contributed by atoms with Gasteiger partial charge in [0.05, 0.1) is 12.6 Å². The summed E-state index contributed by atoms with van der Waals surface area (Å²) in [6.07, 6.45) is 2.54. The number of hydrogen-bond donors (Lipinski definition) is 1. The van der Waals surface area contributed by atoms with Crippen LogP contribution in [0.5, 0.6) is 0 Å². The first-order chi connectivity index (χ1) is 5.88. The summed E-state index contributed by atoms with van der Waals surface area (Å²) in [5.74, 6) is 0.148. The third-order valence-corrected chi connectivity index (χ3v) is 2.38. The molecule has 0 aromatic rings. The molecule has 0 aromatic heterocycles. The second-order valence-corrected chi connectivity index (χ2v) is 3.30. The molecule has 0 spiro atoms. The number of hydroxylamine groups is 2.